The van der Waals surface area contributed by atoms with Gasteiger partial charge in [-0.05, 0) is 31.5 Å². The smallest absolute Gasteiger partial charge is 0.343 e. The Hall–Kier alpha value is -3.18. The minimum Gasteiger partial charge on any atom is -0.462 e. The van der Waals surface area contributed by atoms with Gasteiger partial charge in [-0.15, -0.1) is 11.3 Å². The van der Waals surface area contributed by atoms with Gasteiger partial charge in [-0.3, -0.25) is 0 Å². The summed E-state index contributed by atoms with van der Waals surface area (Å²) in [4.78, 5) is 13.9. The lowest BCUT2D eigenvalue weighted by Gasteiger charge is -2.24. The summed E-state index contributed by atoms with van der Waals surface area (Å²) in [5.74, 6) is 0.669. The molecular formula is C19H16N2O5S. The van der Waals surface area contributed by atoms with Gasteiger partial charge in [0.2, 0.25) is 12.7 Å². The Bertz CT molecular complexity index is 1020. The van der Waals surface area contributed by atoms with E-state index >= 15 is 0 Å². The molecule has 2 aliphatic rings. The lowest BCUT2D eigenvalue weighted by Crippen LogP contribution is -2.21. The van der Waals surface area contributed by atoms with Crippen molar-refractivity contribution in [1.82, 2.24) is 0 Å². The maximum atomic E-state index is 12.4. The molecule has 8 heteroatoms. The number of fused-ring (bicyclic) bond motifs is 2. The van der Waals surface area contributed by atoms with E-state index in [0.717, 1.165) is 15.3 Å². The fraction of sp³-hybridized carbons (Fsp3) is 0.263. The van der Waals surface area contributed by atoms with E-state index in [1.54, 1.807) is 13.0 Å². The number of thiophene rings is 1. The molecule has 3 heterocycles. The van der Waals surface area contributed by atoms with E-state index in [2.05, 4.69) is 6.07 Å². The van der Waals surface area contributed by atoms with Gasteiger partial charge in [0.05, 0.1) is 17.4 Å². The summed E-state index contributed by atoms with van der Waals surface area (Å²) >= 11 is 1.39. The zero-order valence-corrected chi connectivity index (χ0v) is 15.5. The number of nitriles is 1. The van der Waals surface area contributed by atoms with Crippen molar-refractivity contribution in [2.75, 3.05) is 13.4 Å². The molecule has 0 spiro atoms. The highest BCUT2D eigenvalue weighted by molar-refractivity contribution is 7.12. The SMILES string of the molecule is CCOC(=O)c1c(C)sc2c1OC(N)=C(C#N)C2c1ccc2c(c1)OCO2. The van der Waals surface area contributed by atoms with Gasteiger partial charge in [-0.25, -0.2) is 4.79 Å². The summed E-state index contributed by atoms with van der Waals surface area (Å²) in [5, 5.41) is 9.67. The molecule has 0 radical (unpaired) electrons. The number of benzene rings is 1. The summed E-state index contributed by atoms with van der Waals surface area (Å²) in [6, 6.07) is 7.62. The molecule has 2 aliphatic heterocycles. The fourth-order valence-electron chi connectivity index (χ4n) is 3.25. The zero-order chi connectivity index (χ0) is 19.1. The highest BCUT2D eigenvalue weighted by Crippen LogP contribution is 2.50. The summed E-state index contributed by atoms with van der Waals surface area (Å²) in [5.41, 5.74) is 7.47. The number of ether oxygens (including phenoxy) is 4. The van der Waals surface area contributed by atoms with E-state index in [0.29, 0.717) is 22.8 Å². The average Bonchev–Trinajstić information content (AvgIpc) is 3.23. The van der Waals surface area contributed by atoms with Gasteiger partial charge in [0, 0.05) is 4.88 Å². The first-order valence-corrected chi connectivity index (χ1v) is 9.14. The molecule has 0 saturated heterocycles. The second kappa shape index (κ2) is 6.52. The number of aryl methyl sites for hydroxylation is 1. The van der Waals surface area contributed by atoms with Crippen LogP contribution in [0, 0.1) is 18.3 Å². The quantitative estimate of drug-likeness (QED) is 0.811. The van der Waals surface area contributed by atoms with Crippen molar-refractivity contribution in [2.24, 2.45) is 5.73 Å². The Balaban J connectivity index is 1.88. The Morgan fingerprint density at radius 2 is 2.19 bits per heavy atom. The van der Waals surface area contributed by atoms with Gasteiger partial charge < -0.3 is 24.7 Å². The standard InChI is InChI=1S/C19H16N2O5S/c1-3-23-19(22)14-9(2)27-17-15(11(7-20)18(21)26-16(14)17)10-4-5-12-13(6-10)25-8-24-12/h4-6,15H,3,8,21H2,1-2H3. The minimum absolute atomic E-state index is 0.0176. The predicted octanol–water partition coefficient (Wildman–Crippen LogP) is 3.18. The third-order valence-corrected chi connectivity index (χ3v) is 5.58. The summed E-state index contributed by atoms with van der Waals surface area (Å²) < 4.78 is 21.7. The Morgan fingerprint density at radius 3 is 2.93 bits per heavy atom. The van der Waals surface area contributed by atoms with Crippen LogP contribution in [-0.4, -0.2) is 19.4 Å². The van der Waals surface area contributed by atoms with Crippen LogP contribution in [0.1, 0.15) is 38.5 Å². The number of nitrogens with two attached hydrogens (primary N) is 1. The molecule has 0 fully saturated rings. The van der Waals surface area contributed by atoms with Crippen molar-refractivity contribution >= 4 is 17.3 Å². The van der Waals surface area contributed by atoms with Crippen LogP contribution in [0.5, 0.6) is 17.2 Å². The van der Waals surface area contributed by atoms with Gasteiger partial charge in [0.15, 0.2) is 17.2 Å². The number of carbonyl (C=O) groups excluding carboxylic acids is 1. The van der Waals surface area contributed by atoms with Crippen molar-refractivity contribution < 1.29 is 23.7 Å². The van der Waals surface area contributed by atoms with Gasteiger partial charge >= 0.3 is 5.97 Å². The highest BCUT2D eigenvalue weighted by atomic mass is 32.1. The Kier molecular flexibility index (Phi) is 4.16. The highest BCUT2D eigenvalue weighted by Gasteiger charge is 2.37. The second-order valence-electron chi connectivity index (χ2n) is 5.98. The molecule has 4 rings (SSSR count). The molecule has 1 aromatic carbocycles. The van der Waals surface area contributed by atoms with Crippen LogP contribution >= 0.6 is 11.3 Å². The topological polar surface area (TPSA) is 104 Å². The number of rotatable bonds is 3. The third kappa shape index (κ3) is 2.67. The normalized spacial score (nSPS) is 17.1. The molecule has 2 N–H and O–H groups in total. The molecule has 138 valence electrons. The monoisotopic (exact) mass is 384 g/mol. The van der Waals surface area contributed by atoms with E-state index in [1.165, 1.54) is 11.3 Å². The van der Waals surface area contributed by atoms with Crippen LogP contribution in [0.15, 0.2) is 29.7 Å². The maximum Gasteiger partial charge on any atom is 0.343 e. The molecule has 0 bridgehead atoms. The molecule has 1 atom stereocenters. The number of hydrogen-bond donors (Lipinski definition) is 1. The van der Waals surface area contributed by atoms with E-state index in [-0.39, 0.29) is 24.9 Å². The van der Waals surface area contributed by atoms with Gasteiger partial charge in [0.1, 0.15) is 17.2 Å². The van der Waals surface area contributed by atoms with Gasteiger partial charge in [0.25, 0.3) is 0 Å². The molecule has 1 unspecified atom stereocenters. The van der Waals surface area contributed by atoms with E-state index in [1.807, 2.05) is 19.1 Å². The molecule has 1 aromatic heterocycles. The van der Waals surface area contributed by atoms with Crippen molar-refractivity contribution in [3.63, 3.8) is 0 Å². The zero-order valence-electron chi connectivity index (χ0n) is 14.7. The molecular weight excluding hydrogens is 368 g/mol. The van der Waals surface area contributed by atoms with Crippen molar-refractivity contribution in [3.8, 4) is 23.3 Å². The minimum atomic E-state index is -0.467. The van der Waals surface area contributed by atoms with Crippen LogP contribution < -0.4 is 19.9 Å². The van der Waals surface area contributed by atoms with Crippen LogP contribution in [0.4, 0.5) is 0 Å². The lowest BCUT2D eigenvalue weighted by molar-refractivity contribution is 0.0522. The molecule has 7 nitrogen and oxygen atoms in total. The van der Waals surface area contributed by atoms with Crippen molar-refractivity contribution in [3.05, 3.63) is 50.5 Å². The third-order valence-electron chi connectivity index (χ3n) is 4.42. The molecule has 0 aliphatic carbocycles. The number of nitrogens with zero attached hydrogens (tertiary/aromatic N) is 1. The lowest BCUT2D eigenvalue weighted by atomic mass is 9.88. The number of carbonyl (C=O) groups is 1. The maximum absolute atomic E-state index is 12.4. The van der Waals surface area contributed by atoms with Crippen LogP contribution in [-0.2, 0) is 4.74 Å². The van der Waals surface area contributed by atoms with Crippen molar-refractivity contribution in [2.45, 2.75) is 19.8 Å². The molecule has 0 amide bonds. The largest absolute Gasteiger partial charge is 0.462 e. The van der Waals surface area contributed by atoms with E-state index in [9.17, 15) is 10.1 Å². The molecule has 27 heavy (non-hydrogen) atoms. The predicted molar refractivity (Wildman–Crippen MR) is 96.9 cm³/mol. The van der Waals surface area contributed by atoms with Crippen LogP contribution in [0.25, 0.3) is 0 Å². The van der Waals surface area contributed by atoms with E-state index < -0.39 is 11.9 Å². The Labute approximate surface area is 159 Å². The van der Waals surface area contributed by atoms with Crippen molar-refractivity contribution in [1.29, 1.82) is 5.26 Å². The fourth-order valence-corrected chi connectivity index (χ4v) is 4.46. The second-order valence-corrected chi connectivity index (χ2v) is 7.24. The van der Waals surface area contributed by atoms with Crippen LogP contribution in [0.3, 0.4) is 0 Å². The Morgan fingerprint density at radius 1 is 1.41 bits per heavy atom. The average molecular weight is 384 g/mol. The molecule has 0 saturated carbocycles. The van der Waals surface area contributed by atoms with Gasteiger partial charge in [-0.2, -0.15) is 5.26 Å². The number of hydrogen-bond acceptors (Lipinski definition) is 8. The van der Waals surface area contributed by atoms with Crippen LogP contribution in [0.2, 0.25) is 0 Å². The number of esters is 1. The first-order chi connectivity index (χ1) is 13.0. The first-order valence-electron chi connectivity index (χ1n) is 8.32. The summed E-state index contributed by atoms with van der Waals surface area (Å²) in [7, 11) is 0. The number of allylic oxidation sites excluding steroid dienone is 1. The first kappa shape index (κ1) is 17.2. The summed E-state index contributed by atoms with van der Waals surface area (Å²) in [6.45, 7) is 3.97. The van der Waals surface area contributed by atoms with Gasteiger partial charge in [-0.1, -0.05) is 6.07 Å². The molecule has 2 aromatic rings. The summed E-state index contributed by atoms with van der Waals surface area (Å²) in [6.07, 6.45) is 0. The van der Waals surface area contributed by atoms with E-state index in [4.69, 9.17) is 24.7 Å².